The summed E-state index contributed by atoms with van der Waals surface area (Å²) in [6.07, 6.45) is -0.956. The Hall–Kier alpha value is -2.02. The van der Waals surface area contributed by atoms with Crippen molar-refractivity contribution in [3.63, 3.8) is 0 Å². The number of benzene rings is 1. The van der Waals surface area contributed by atoms with Gasteiger partial charge in [-0.25, -0.2) is 0 Å². The lowest BCUT2D eigenvalue weighted by Crippen LogP contribution is -2.47. The molecule has 0 unspecified atom stereocenters. The lowest BCUT2D eigenvalue weighted by atomic mass is 10.2. The highest BCUT2D eigenvalue weighted by Crippen LogP contribution is 2.36. The predicted octanol–water partition coefficient (Wildman–Crippen LogP) is 3.07. The molecule has 0 fully saturated rings. The standard InChI is InChI=1S/C19H26N2O4S/c1-11(2)21(12(3)4)19(24)13(5)25-17(22)10-16-18(23)20-14-8-6-7-9-15(14)26-16/h6-9,11-13,16H,10H2,1-5H3,(H,20,23)/t13-,16-/m1/s1. The SMILES string of the molecule is CC(C)N(C(=O)[C@@H](C)OC(=O)C[C@H]1Sc2ccccc2NC1=O)C(C)C. The normalized spacial score (nSPS) is 17.5. The number of fused-ring (bicyclic) bond motifs is 1. The van der Waals surface area contributed by atoms with E-state index >= 15 is 0 Å². The van der Waals surface area contributed by atoms with E-state index in [-0.39, 0.29) is 30.3 Å². The molecular weight excluding hydrogens is 352 g/mol. The van der Waals surface area contributed by atoms with E-state index in [0.29, 0.717) is 0 Å². The molecule has 0 aliphatic carbocycles. The van der Waals surface area contributed by atoms with Gasteiger partial charge in [-0.2, -0.15) is 0 Å². The first-order valence-corrected chi connectivity index (χ1v) is 9.66. The average Bonchev–Trinajstić information content (AvgIpc) is 2.54. The van der Waals surface area contributed by atoms with Crippen molar-refractivity contribution in [1.29, 1.82) is 0 Å². The highest BCUT2D eigenvalue weighted by Gasteiger charge is 2.32. The van der Waals surface area contributed by atoms with Crippen molar-refractivity contribution in [2.45, 2.75) is 69.4 Å². The summed E-state index contributed by atoms with van der Waals surface area (Å²) in [5.41, 5.74) is 0.750. The van der Waals surface area contributed by atoms with Crippen molar-refractivity contribution in [1.82, 2.24) is 4.90 Å². The average molecular weight is 378 g/mol. The fourth-order valence-corrected chi connectivity index (χ4v) is 4.08. The summed E-state index contributed by atoms with van der Waals surface area (Å²) in [5.74, 6) is -1.00. The fraction of sp³-hybridized carbons (Fsp3) is 0.526. The number of carbonyl (C=O) groups excluding carboxylic acids is 3. The second-order valence-corrected chi connectivity index (χ2v) is 8.11. The van der Waals surface area contributed by atoms with Crippen molar-refractivity contribution >= 4 is 35.2 Å². The lowest BCUT2D eigenvalue weighted by molar-refractivity contribution is -0.161. The van der Waals surface area contributed by atoms with Crippen LogP contribution in [0.15, 0.2) is 29.2 Å². The van der Waals surface area contributed by atoms with Crippen LogP contribution in [0.25, 0.3) is 0 Å². The molecule has 2 atom stereocenters. The van der Waals surface area contributed by atoms with E-state index in [2.05, 4.69) is 5.32 Å². The van der Waals surface area contributed by atoms with Gasteiger partial charge in [-0.1, -0.05) is 12.1 Å². The van der Waals surface area contributed by atoms with Crippen LogP contribution in [0.5, 0.6) is 0 Å². The van der Waals surface area contributed by atoms with Gasteiger partial charge in [-0.15, -0.1) is 11.8 Å². The number of para-hydroxylation sites is 1. The number of amides is 2. The molecule has 142 valence electrons. The zero-order valence-electron chi connectivity index (χ0n) is 15.8. The van der Waals surface area contributed by atoms with Crippen molar-refractivity contribution < 1.29 is 19.1 Å². The Morgan fingerprint density at radius 3 is 2.38 bits per heavy atom. The third-order valence-electron chi connectivity index (χ3n) is 4.08. The molecule has 1 aliphatic rings. The van der Waals surface area contributed by atoms with E-state index in [4.69, 9.17) is 4.74 Å². The van der Waals surface area contributed by atoms with E-state index in [1.165, 1.54) is 11.8 Å². The first kappa shape index (κ1) is 20.3. The van der Waals surface area contributed by atoms with Crippen LogP contribution in [0, 0.1) is 0 Å². The smallest absolute Gasteiger partial charge is 0.308 e. The number of thioether (sulfide) groups is 1. The summed E-state index contributed by atoms with van der Waals surface area (Å²) < 4.78 is 5.31. The maximum absolute atomic E-state index is 12.5. The Morgan fingerprint density at radius 1 is 1.15 bits per heavy atom. The van der Waals surface area contributed by atoms with Crippen molar-refractivity contribution in [3.8, 4) is 0 Å². The Morgan fingerprint density at radius 2 is 1.77 bits per heavy atom. The summed E-state index contributed by atoms with van der Waals surface area (Å²) in [6, 6.07) is 7.47. The number of nitrogens with one attached hydrogen (secondary N) is 1. The van der Waals surface area contributed by atoms with Crippen LogP contribution in [0.2, 0.25) is 0 Å². The van der Waals surface area contributed by atoms with Crippen LogP contribution in [0.4, 0.5) is 5.69 Å². The molecule has 1 N–H and O–H groups in total. The van der Waals surface area contributed by atoms with Gasteiger partial charge < -0.3 is 15.0 Å². The molecule has 2 amide bonds. The van der Waals surface area contributed by atoms with Crippen molar-refractivity contribution in [2.24, 2.45) is 0 Å². The van der Waals surface area contributed by atoms with Gasteiger partial charge >= 0.3 is 5.97 Å². The molecule has 0 radical (unpaired) electrons. The molecule has 1 aromatic carbocycles. The molecule has 0 spiro atoms. The number of hydrogen-bond acceptors (Lipinski definition) is 5. The van der Waals surface area contributed by atoms with Crippen LogP contribution >= 0.6 is 11.8 Å². The molecule has 26 heavy (non-hydrogen) atoms. The molecule has 0 aromatic heterocycles. The third kappa shape index (κ3) is 4.78. The Kier molecular flexibility index (Phi) is 6.69. The number of carbonyl (C=O) groups is 3. The highest BCUT2D eigenvalue weighted by atomic mass is 32.2. The molecule has 0 saturated heterocycles. The topological polar surface area (TPSA) is 75.7 Å². The second kappa shape index (κ2) is 8.58. The molecular formula is C19H26N2O4S. The number of anilines is 1. The van der Waals surface area contributed by atoms with E-state index < -0.39 is 17.3 Å². The van der Waals surface area contributed by atoms with E-state index in [9.17, 15) is 14.4 Å². The summed E-state index contributed by atoms with van der Waals surface area (Å²) >= 11 is 1.34. The highest BCUT2D eigenvalue weighted by molar-refractivity contribution is 8.01. The van der Waals surface area contributed by atoms with Crippen LogP contribution < -0.4 is 5.32 Å². The van der Waals surface area contributed by atoms with Gasteiger partial charge in [0.05, 0.1) is 17.4 Å². The lowest BCUT2D eigenvalue weighted by Gasteiger charge is -2.32. The predicted molar refractivity (Wildman–Crippen MR) is 102 cm³/mol. The maximum atomic E-state index is 12.5. The largest absolute Gasteiger partial charge is 0.452 e. The minimum atomic E-state index is -0.878. The van der Waals surface area contributed by atoms with Gasteiger partial charge in [0.2, 0.25) is 5.91 Å². The molecule has 1 aromatic rings. The third-order valence-corrected chi connectivity index (χ3v) is 5.36. The fourth-order valence-electron chi connectivity index (χ4n) is 2.99. The first-order valence-electron chi connectivity index (χ1n) is 8.79. The van der Waals surface area contributed by atoms with Gasteiger partial charge in [0, 0.05) is 17.0 Å². The van der Waals surface area contributed by atoms with Crippen LogP contribution in [-0.2, 0) is 19.1 Å². The van der Waals surface area contributed by atoms with Gasteiger partial charge in [0.25, 0.3) is 5.91 Å². The first-order chi connectivity index (χ1) is 12.2. The van der Waals surface area contributed by atoms with E-state index in [1.807, 2.05) is 52.0 Å². The maximum Gasteiger partial charge on any atom is 0.308 e. The zero-order valence-corrected chi connectivity index (χ0v) is 16.6. The molecule has 6 nitrogen and oxygen atoms in total. The zero-order chi connectivity index (χ0) is 19.4. The molecule has 2 rings (SSSR count). The minimum absolute atomic E-state index is 0.0137. The Labute approximate surface area is 158 Å². The van der Waals surface area contributed by atoms with Gasteiger partial charge in [-0.05, 0) is 46.8 Å². The van der Waals surface area contributed by atoms with Crippen LogP contribution in [0.3, 0.4) is 0 Å². The van der Waals surface area contributed by atoms with E-state index in [1.54, 1.807) is 11.8 Å². The summed E-state index contributed by atoms with van der Waals surface area (Å²) in [5, 5.41) is 2.23. The molecule has 7 heteroatoms. The number of rotatable bonds is 6. The number of esters is 1. The Balaban J connectivity index is 1.96. The van der Waals surface area contributed by atoms with Gasteiger partial charge in [0.15, 0.2) is 6.10 Å². The van der Waals surface area contributed by atoms with Crippen LogP contribution in [0.1, 0.15) is 41.0 Å². The van der Waals surface area contributed by atoms with Crippen LogP contribution in [-0.4, -0.2) is 46.1 Å². The molecule has 1 aliphatic heterocycles. The quantitative estimate of drug-likeness (QED) is 0.770. The van der Waals surface area contributed by atoms with Gasteiger partial charge in [0.1, 0.15) is 0 Å². The number of nitrogens with zero attached hydrogens (tertiary/aromatic N) is 1. The van der Waals surface area contributed by atoms with E-state index in [0.717, 1.165) is 10.6 Å². The summed E-state index contributed by atoms with van der Waals surface area (Å²) in [6.45, 7) is 9.26. The van der Waals surface area contributed by atoms with Crippen molar-refractivity contribution in [2.75, 3.05) is 5.32 Å². The van der Waals surface area contributed by atoms with Gasteiger partial charge in [-0.3, -0.25) is 14.4 Å². The number of hydrogen-bond donors (Lipinski definition) is 1. The summed E-state index contributed by atoms with van der Waals surface area (Å²) in [4.78, 5) is 39.6. The van der Waals surface area contributed by atoms with Crippen molar-refractivity contribution in [3.05, 3.63) is 24.3 Å². The monoisotopic (exact) mass is 378 g/mol. The molecule has 0 bridgehead atoms. The minimum Gasteiger partial charge on any atom is -0.452 e. The number of ether oxygens (including phenoxy) is 1. The molecule has 0 saturated carbocycles. The Bertz CT molecular complexity index is 682. The molecule has 1 heterocycles. The summed E-state index contributed by atoms with van der Waals surface area (Å²) in [7, 11) is 0. The second-order valence-electron chi connectivity index (χ2n) is 6.86.